The minimum Gasteiger partial charge on any atom is -0.488 e. The number of carbonyl (C=O) groups is 5. The highest BCUT2D eigenvalue weighted by Crippen LogP contribution is 2.40. The van der Waals surface area contributed by atoms with Gasteiger partial charge in [0.15, 0.2) is 5.82 Å². The van der Waals surface area contributed by atoms with E-state index in [1.807, 2.05) is 66.1 Å². The maximum absolute atomic E-state index is 13.7. The lowest BCUT2D eigenvalue weighted by Gasteiger charge is -2.52. The van der Waals surface area contributed by atoms with Crippen LogP contribution >= 0.6 is 22.9 Å². The Kier molecular flexibility index (Phi) is 11.1. The summed E-state index contributed by atoms with van der Waals surface area (Å²) in [6.07, 6.45) is 2.63. The van der Waals surface area contributed by atoms with Crippen LogP contribution in [0.4, 0.5) is 11.4 Å². The van der Waals surface area contributed by atoms with Gasteiger partial charge in [0, 0.05) is 83.6 Å². The van der Waals surface area contributed by atoms with Gasteiger partial charge < -0.3 is 15.0 Å². The van der Waals surface area contributed by atoms with Crippen LogP contribution in [0.1, 0.15) is 92.1 Å². The summed E-state index contributed by atoms with van der Waals surface area (Å²) in [7, 11) is 0. The molecule has 0 spiro atoms. The molecule has 3 aromatic carbocycles. The molecule has 344 valence electrons. The Morgan fingerprint density at radius 2 is 1.63 bits per heavy atom. The molecule has 0 radical (unpaired) electrons. The summed E-state index contributed by atoms with van der Waals surface area (Å²) in [4.78, 5) is 79.1. The molecule has 0 saturated carbocycles. The normalized spacial score (nSPS) is 22.3. The van der Waals surface area contributed by atoms with Crippen LogP contribution in [0.25, 0.3) is 5.00 Å². The second kappa shape index (κ2) is 17.1. The highest BCUT2D eigenvalue weighted by Gasteiger charge is 2.46. The summed E-state index contributed by atoms with van der Waals surface area (Å²) >= 11 is 7.95. The Labute approximate surface area is 395 Å². The van der Waals surface area contributed by atoms with Crippen molar-refractivity contribution >= 4 is 69.6 Å². The Hall–Kier alpha value is -6.27. The van der Waals surface area contributed by atoms with Gasteiger partial charge in [-0.15, -0.1) is 21.5 Å². The summed E-state index contributed by atoms with van der Waals surface area (Å²) in [5, 5.41) is 15.9. The van der Waals surface area contributed by atoms with Gasteiger partial charge in [0.2, 0.25) is 17.7 Å². The van der Waals surface area contributed by atoms with Gasteiger partial charge in [-0.1, -0.05) is 23.7 Å². The number of nitrogens with zero attached hydrogens (tertiary/aromatic N) is 8. The summed E-state index contributed by atoms with van der Waals surface area (Å²) < 4.78 is 8.42. The van der Waals surface area contributed by atoms with Crippen LogP contribution in [0.3, 0.4) is 0 Å². The lowest BCUT2D eigenvalue weighted by Crippen LogP contribution is -2.66. The molecule has 8 heterocycles. The lowest BCUT2D eigenvalue weighted by molar-refractivity contribution is -0.136. The minimum atomic E-state index is -0.979. The standard InChI is InChI=1S/C49H49ClN10O6S/c1-26-27(2)67-49-43(26)44(29-6-8-30(50)9-7-29)52-39(45-55-54-28(3)59(45)49)20-42(62)51-31-10-13-35(14-11-31)66-36-24-58(25-36)33-5-4-18-56(21-33)34-22-57(23-34)32-12-15-37-38(19-32)48(65)60(47(37)64)40-16-17-41(61)53-46(40)63/h6-15,19,33-34,36,39-40H,4-5,16-18,20-25H2,1-3H3,(H,51,62)(H,53,61,63)/t33?,39-,40?/m0/s1. The first-order valence-electron chi connectivity index (χ1n) is 22.9. The first kappa shape index (κ1) is 43.3. The lowest BCUT2D eigenvalue weighted by atomic mass is 9.95. The zero-order chi connectivity index (χ0) is 46.2. The van der Waals surface area contributed by atoms with Crippen LogP contribution in [-0.4, -0.2) is 128 Å². The summed E-state index contributed by atoms with van der Waals surface area (Å²) in [5.41, 5.74) is 6.01. The van der Waals surface area contributed by atoms with Crippen molar-refractivity contribution in [3.05, 3.63) is 116 Å². The van der Waals surface area contributed by atoms with Crippen molar-refractivity contribution in [1.82, 2.24) is 34.8 Å². The fourth-order valence-corrected chi connectivity index (χ4v) is 11.7. The Morgan fingerprint density at radius 1 is 0.866 bits per heavy atom. The zero-order valence-electron chi connectivity index (χ0n) is 37.3. The number of benzene rings is 3. The largest absolute Gasteiger partial charge is 0.488 e. The molecular weight excluding hydrogens is 892 g/mol. The number of aromatic nitrogens is 3. The zero-order valence-corrected chi connectivity index (χ0v) is 38.9. The van der Waals surface area contributed by atoms with E-state index in [1.165, 1.54) is 4.88 Å². The molecule has 6 aliphatic rings. The first-order chi connectivity index (χ1) is 32.4. The number of carbonyl (C=O) groups excluding carboxylic acids is 5. The van der Waals surface area contributed by atoms with Crippen molar-refractivity contribution in [3.63, 3.8) is 0 Å². The highest BCUT2D eigenvalue weighted by molar-refractivity contribution is 7.15. The number of ether oxygens (including phenoxy) is 1. The third-order valence-corrected chi connectivity index (χ3v) is 15.6. The van der Waals surface area contributed by atoms with E-state index >= 15 is 0 Å². The minimum absolute atomic E-state index is 0.0740. The number of fused-ring (bicyclic) bond motifs is 4. The number of anilines is 2. The van der Waals surface area contributed by atoms with Gasteiger partial charge in [-0.3, -0.25) is 53.5 Å². The first-order valence-corrected chi connectivity index (χ1v) is 24.1. The van der Waals surface area contributed by atoms with Crippen LogP contribution in [0.2, 0.25) is 5.02 Å². The molecule has 4 saturated heterocycles. The number of aryl methyl sites for hydroxylation is 2. The maximum Gasteiger partial charge on any atom is 0.262 e. The second-order valence-electron chi connectivity index (χ2n) is 18.4. The molecule has 6 aliphatic heterocycles. The fourth-order valence-electron chi connectivity index (χ4n) is 10.3. The number of rotatable bonds is 10. The molecule has 4 fully saturated rings. The molecule has 0 bridgehead atoms. The average molecular weight is 942 g/mol. The van der Waals surface area contributed by atoms with Crippen molar-refractivity contribution in [2.24, 2.45) is 4.99 Å². The number of imide groups is 2. The third kappa shape index (κ3) is 7.90. The van der Waals surface area contributed by atoms with Gasteiger partial charge in [0.1, 0.15) is 34.8 Å². The molecule has 67 heavy (non-hydrogen) atoms. The molecule has 0 aliphatic carbocycles. The second-order valence-corrected chi connectivity index (χ2v) is 20.0. The molecule has 2 aromatic heterocycles. The monoisotopic (exact) mass is 940 g/mol. The molecular formula is C49H49ClN10O6S. The molecule has 2 unspecified atom stereocenters. The van der Waals surface area contributed by atoms with Crippen LogP contribution in [0.15, 0.2) is 71.7 Å². The van der Waals surface area contributed by atoms with Crippen molar-refractivity contribution in [2.45, 2.75) is 83.1 Å². The maximum atomic E-state index is 13.7. The van der Waals surface area contributed by atoms with Crippen LogP contribution < -0.4 is 20.3 Å². The van der Waals surface area contributed by atoms with Gasteiger partial charge in [-0.05, 0) is 107 Å². The summed E-state index contributed by atoms with van der Waals surface area (Å²) in [6.45, 7) is 11.5. The molecule has 11 rings (SSSR count). The molecule has 3 atom stereocenters. The number of piperidine rings is 2. The van der Waals surface area contributed by atoms with E-state index in [2.05, 4.69) is 49.4 Å². The van der Waals surface area contributed by atoms with Gasteiger partial charge in [-0.25, -0.2) is 0 Å². The number of nitrogens with one attached hydrogen (secondary N) is 2. The van der Waals surface area contributed by atoms with E-state index in [-0.39, 0.29) is 31.3 Å². The number of halogens is 1. The number of aliphatic imine (C=N–C) groups is 1. The van der Waals surface area contributed by atoms with E-state index in [0.717, 1.165) is 102 Å². The van der Waals surface area contributed by atoms with E-state index < -0.39 is 35.7 Å². The van der Waals surface area contributed by atoms with Gasteiger partial charge in [0.25, 0.3) is 11.8 Å². The Morgan fingerprint density at radius 3 is 2.39 bits per heavy atom. The van der Waals surface area contributed by atoms with E-state index in [0.29, 0.717) is 39.7 Å². The van der Waals surface area contributed by atoms with E-state index in [9.17, 15) is 24.0 Å². The topological polar surface area (TPSA) is 175 Å². The predicted molar refractivity (Wildman–Crippen MR) is 253 cm³/mol. The molecule has 2 N–H and O–H groups in total. The van der Waals surface area contributed by atoms with Crippen LogP contribution in [0.5, 0.6) is 5.75 Å². The quantitative estimate of drug-likeness (QED) is 0.166. The van der Waals surface area contributed by atoms with E-state index in [1.54, 1.807) is 23.5 Å². The van der Waals surface area contributed by atoms with Crippen molar-refractivity contribution in [3.8, 4) is 10.8 Å². The third-order valence-electron chi connectivity index (χ3n) is 14.2. The highest BCUT2D eigenvalue weighted by atomic mass is 35.5. The van der Waals surface area contributed by atoms with Crippen molar-refractivity contribution in [2.75, 3.05) is 49.5 Å². The van der Waals surface area contributed by atoms with E-state index in [4.69, 9.17) is 21.3 Å². The van der Waals surface area contributed by atoms with Crippen LogP contribution in [-0.2, 0) is 14.4 Å². The summed E-state index contributed by atoms with van der Waals surface area (Å²) in [6, 6.07) is 19.8. The van der Waals surface area contributed by atoms with Gasteiger partial charge >= 0.3 is 0 Å². The van der Waals surface area contributed by atoms with Crippen LogP contribution in [0, 0.1) is 20.8 Å². The number of amides is 5. The summed E-state index contributed by atoms with van der Waals surface area (Å²) in [5.74, 6) is -0.0522. The number of thiophene rings is 1. The molecule has 16 nitrogen and oxygen atoms in total. The van der Waals surface area contributed by atoms with Gasteiger partial charge in [-0.2, -0.15) is 0 Å². The number of likely N-dealkylation sites (tertiary alicyclic amines) is 2. The smallest absolute Gasteiger partial charge is 0.262 e. The van der Waals surface area contributed by atoms with Gasteiger partial charge in [0.05, 0.1) is 23.3 Å². The Bertz CT molecular complexity index is 2880. The fraction of sp³-hybridized carbons (Fsp3) is 0.388. The number of hydrogen-bond acceptors (Lipinski definition) is 13. The molecule has 5 amide bonds. The number of hydrogen-bond donors (Lipinski definition) is 2. The average Bonchev–Trinajstić information content (AvgIpc) is 3.86. The SMILES string of the molecule is Cc1sc2c(c1C)C(c1ccc(Cl)cc1)=N[C@@H](CC(=O)Nc1ccc(OC3CN(C4CCCN(C5CN(c6ccc7c(c6)C(=O)N(C6CCC(=O)NC6=O)C7=O)C5)C4)C3)cc1)c1nnc(C)n1-2. The molecule has 18 heteroatoms. The Balaban J connectivity index is 0.667. The van der Waals surface area contributed by atoms with Crippen molar-refractivity contribution < 1.29 is 28.7 Å². The van der Waals surface area contributed by atoms with Crippen molar-refractivity contribution in [1.29, 1.82) is 0 Å². The predicted octanol–water partition coefficient (Wildman–Crippen LogP) is 5.65. The molecule has 5 aromatic rings.